The fourth-order valence-electron chi connectivity index (χ4n) is 0.547. The van der Waals surface area contributed by atoms with Gasteiger partial charge in [0.2, 0.25) is 0 Å². The average Bonchev–Trinajstić information content (AvgIpc) is 1.90. The maximum atomic E-state index is 7.45. The molecule has 0 saturated carbocycles. The lowest BCUT2D eigenvalue weighted by molar-refractivity contribution is -0.841. The zero-order valence-corrected chi connectivity index (χ0v) is 7.73. The SMILES string of the molecule is CC[NH+]([NH-])C(SC)SC. The minimum atomic E-state index is 0.384. The molecule has 1 atom stereocenters. The molecular weight excluding hydrogens is 152 g/mol. The van der Waals surface area contributed by atoms with E-state index in [1.54, 1.807) is 23.5 Å². The van der Waals surface area contributed by atoms with Gasteiger partial charge in [-0.1, -0.05) is 23.5 Å². The van der Waals surface area contributed by atoms with Crippen molar-refractivity contribution in [3.05, 3.63) is 5.84 Å². The van der Waals surface area contributed by atoms with Crippen LogP contribution in [0.15, 0.2) is 0 Å². The summed E-state index contributed by atoms with van der Waals surface area (Å²) >= 11 is 3.48. The number of quaternary nitrogens is 1. The van der Waals surface area contributed by atoms with E-state index in [0.717, 1.165) is 11.6 Å². The maximum absolute atomic E-state index is 7.45. The van der Waals surface area contributed by atoms with Crippen LogP contribution in [0.5, 0.6) is 0 Å². The zero-order chi connectivity index (χ0) is 7.28. The van der Waals surface area contributed by atoms with Crippen molar-refractivity contribution in [1.82, 2.24) is 0 Å². The Morgan fingerprint density at radius 1 is 1.44 bits per heavy atom. The summed E-state index contributed by atoms with van der Waals surface area (Å²) in [4.78, 5) is 0. The van der Waals surface area contributed by atoms with Gasteiger partial charge in [-0.05, 0) is 19.4 Å². The third-order valence-corrected chi connectivity index (χ3v) is 3.67. The molecule has 0 rings (SSSR count). The first-order valence-electron chi connectivity index (χ1n) is 2.89. The predicted molar refractivity (Wildman–Crippen MR) is 46.6 cm³/mol. The summed E-state index contributed by atoms with van der Waals surface area (Å²) in [5, 5.41) is 0.843. The highest BCUT2D eigenvalue weighted by Crippen LogP contribution is 2.10. The summed E-state index contributed by atoms with van der Waals surface area (Å²) < 4.78 is 0.384. The number of thioether (sulfide) groups is 2. The largest absolute Gasteiger partial charge is 0.468 e. The van der Waals surface area contributed by atoms with E-state index in [1.165, 1.54) is 0 Å². The van der Waals surface area contributed by atoms with Gasteiger partial charge in [0.05, 0.1) is 6.54 Å². The van der Waals surface area contributed by atoms with Crippen molar-refractivity contribution in [3.63, 3.8) is 0 Å². The molecule has 0 aliphatic heterocycles. The Hall–Kier alpha value is 0.620. The van der Waals surface area contributed by atoms with Crippen molar-refractivity contribution in [2.45, 2.75) is 11.6 Å². The molecule has 0 radical (unpaired) electrons. The molecule has 0 heterocycles. The monoisotopic (exact) mass is 166 g/mol. The van der Waals surface area contributed by atoms with Crippen LogP contribution < -0.4 is 5.01 Å². The van der Waals surface area contributed by atoms with Crippen LogP contribution in [-0.4, -0.2) is 23.8 Å². The lowest BCUT2D eigenvalue weighted by Gasteiger charge is -2.26. The van der Waals surface area contributed by atoms with Crippen LogP contribution in [0.4, 0.5) is 0 Å². The number of hydrogen-bond acceptors (Lipinski definition) is 2. The van der Waals surface area contributed by atoms with Crippen LogP contribution in [0.3, 0.4) is 0 Å². The van der Waals surface area contributed by atoms with Gasteiger partial charge in [0.1, 0.15) is 0 Å². The van der Waals surface area contributed by atoms with Gasteiger partial charge in [-0.25, -0.2) is 0 Å². The summed E-state index contributed by atoms with van der Waals surface area (Å²) in [6, 6.07) is 0. The van der Waals surface area contributed by atoms with E-state index in [1.807, 2.05) is 19.4 Å². The van der Waals surface area contributed by atoms with Crippen LogP contribution in [0, 0.1) is 0 Å². The molecule has 0 amide bonds. The molecular formula is C5H14N2S2. The molecule has 0 aliphatic rings. The van der Waals surface area contributed by atoms with Crippen LogP contribution in [-0.2, 0) is 0 Å². The second-order valence-electron chi connectivity index (χ2n) is 1.68. The third-order valence-electron chi connectivity index (χ3n) is 1.09. The molecule has 0 bridgehead atoms. The van der Waals surface area contributed by atoms with Crippen LogP contribution in [0.2, 0.25) is 0 Å². The molecule has 2 nitrogen and oxygen atoms in total. The lowest BCUT2D eigenvalue weighted by atomic mass is 10.7. The quantitative estimate of drug-likeness (QED) is 0.496. The van der Waals surface area contributed by atoms with Crippen molar-refractivity contribution in [2.75, 3.05) is 19.1 Å². The fourth-order valence-corrected chi connectivity index (χ4v) is 2.22. The Balaban J connectivity index is 3.50. The summed E-state index contributed by atoms with van der Waals surface area (Å²) in [5.41, 5.74) is 0. The van der Waals surface area contributed by atoms with E-state index in [4.69, 9.17) is 5.84 Å². The molecule has 0 spiro atoms. The van der Waals surface area contributed by atoms with Gasteiger partial charge in [0, 0.05) is 0 Å². The molecule has 9 heavy (non-hydrogen) atoms. The van der Waals surface area contributed by atoms with Gasteiger partial charge in [0.25, 0.3) is 0 Å². The number of nitrogens with one attached hydrogen (secondary N) is 2. The lowest BCUT2D eigenvalue weighted by Crippen LogP contribution is -3.08. The maximum Gasteiger partial charge on any atom is 0.172 e. The van der Waals surface area contributed by atoms with E-state index in [2.05, 4.69) is 0 Å². The summed E-state index contributed by atoms with van der Waals surface area (Å²) in [5.74, 6) is 7.45. The first-order chi connectivity index (χ1) is 4.26. The van der Waals surface area contributed by atoms with E-state index < -0.39 is 0 Å². The van der Waals surface area contributed by atoms with Gasteiger partial charge < -0.3 is 10.9 Å². The minimum absolute atomic E-state index is 0.384. The van der Waals surface area contributed by atoms with Crippen LogP contribution >= 0.6 is 23.5 Å². The highest BCUT2D eigenvalue weighted by Gasteiger charge is 2.07. The van der Waals surface area contributed by atoms with E-state index in [0.29, 0.717) is 4.71 Å². The van der Waals surface area contributed by atoms with E-state index in [9.17, 15) is 0 Å². The van der Waals surface area contributed by atoms with Gasteiger partial charge in [0.15, 0.2) is 4.71 Å². The Morgan fingerprint density at radius 3 is 2.00 bits per heavy atom. The smallest absolute Gasteiger partial charge is 0.172 e. The van der Waals surface area contributed by atoms with Crippen molar-refractivity contribution >= 4 is 23.5 Å². The summed E-state index contributed by atoms with van der Waals surface area (Å²) in [6.07, 6.45) is 4.09. The van der Waals surface area contributed by atoms with E-state index >= 15 is 0 Å². The topological polar surface area (TPSA) is 28.2 Å². The standard InChI is InChI=1S/C5H14N2S2/c1-4-7(6)5(8-2)9-3/h5-7H,4H2,1-3H3. The molecule has 56 valence electrons. The Labute approximate surface area is 65.5 Å². The zero-order valence-electron chi connectivity index (χ0n) is 6.10. The molecule has 0 aliphatic carbocycles. The molecule has 0 aromatic rings. The molecule has 0 aromatic heterocycles. The average molecular weight is 166 g/mol. The second kappa shape index (κ2) is 5.41. The molecule has 0 saturated heterocycles. The van der Waals surface area contributed by atoms with Gasteiger partial charge in [-0.3, -0.25) is 0 Å². The van der Waals surface area contributed by atoms with Gasteiger partial charge >= 0.3 is 0 Å². The summed E-state index contributed by atoms with van der Waals surface area (Å²) in [7, 11) is 0. The summed E-state index contributed by atoms with van der Waals surface area (Å²) in [6.45, 7) is 2.91. The van der Waals surface area contributed by atoms with Crippen molar-refractivity contribution < 1.29 is 5.01 Å². The Kier molecular flexibility index (Phi) is 5.78. The molecule has 1 unspecified atom stereocenters. The predicted octanol–water partition coefficient (Wildman–Crippen LogP) is 0.868. The Bertz CT molecular complexity index is 66.0. The van der Waals surface area contributed by atoms with Crippen molar-refractivity contribution in [1.29, 1.82) is 0 Å². The molecule has 4 heteroatoms. The number of rotatable bonds is 4. The highest BCUT2D eigenvalue weighted by atomic mass is 32.2. The first kappa shape index (κ1) is 9.62. The van der Waals surface area contributed by atoms with Crippen LogP contribution in [0.1, 0.15) is 6.92 Å². The second-order valence-corrected chi connectivity index (χ2v) is 3.87. The molecule has 2 N–H and O–H groups in total. The number of hydrogen-bond donors (Lipinski definition) is 1. The third kappa shape index (κ3) is 3.35. The van der Waals surface area contributed by atoms with Crippen LogP contribution in [0.25, 0.3) is 5.84 Å². The molecule has 0 aromatic carbocycles. The van der Waals surface area contributed by atoms with Crippen molar-refractivity contribution in [2.24, 2.45) is 0 Å². The fraction of sp³-hybridized carbons (Fsp3) is 1.00. The highest BCUT2D eigenvalue weighted by molar-refractivity contribution is 8.16. The minimum Gasteiger partial charge on any atom is -0.468 e. The normalized spacial score (nSPS) is 14.3. The van der Waals surface area contributed by atoms with E-state index in [-0.39, 0.29) is 0 Å². The first-order valence-corrected chi connectivity index (χ1v) is 5.46. The molecule has 0 fully saturated rings. The van der Waals surface area contributed by atoms with Gasteiger partial charge in [-0.2, -0.15) is 0 Å². The van der Waals surface area contributed by atoms with Crippen molar-refractivity contribution in [3.8, 4) is 0 Å². The Morgan fingerprint density at radius 2 is 1.89 bits per heavy atom. The van der Waals surface area contributed by atoms with Gasteiger partial charge in [-0.15, -0.1) is 0 Å².